The van der Waals surface area contributed by atoms with Crippen molar-refractivity contribution in [2.45, 2.75) is 52.1 Å². The first-order valence-corrected chi connectivity index (χ1v) is 12.8. The Kier molecular flexibility index (Phi) is 8.15. The number of aryl methyl sites for hydroxylation is 2. The van der Waals surface area contributed by atoms with Crippen LogP contribution < -0.4 is 20.7 Å². The fourth-order valence-corrected chi connectivity index (χ4v) is 5.33. The molecular formula is C27H32N4O3S. The second-order valence-corrected chi connectivity index (χ2v) is 9.89. The molecule has 3 aromatic rings. The number of ether oxygens (including phenoxy) is 1. The van der Waals surface area contributed by atoms with Crippen LogP contribution in [0.25, 0.3) is 0 Å². The number of methoxy groups -OCH3 is 1. The maximum Gasteiger partial charge on any atom is 0.257 e. The van der Waals surface area contributed by atoms with Gasteiger partial charge in [0.2, 0.25) is 0 Å². The molecule has 2 aromatic carbocycles. The van der Waals surface area contributed by atoms with E-state index in [1.54, 1.807) is 48.8 Å². The topological polar surface area (TPSA) is 92.4 Å². The van der Waals surface area contributed by atoms with Crippen molar-refractivity contribution in [3.8, 4) is 5.75 Å². The van der Waals surface area contributed by atoms with Crippen molar-refractivity contribution in [2.75, 3.05) is 19.0 Å². The van der Waals surface area contributed by atoms with E-state index in [1.165, 1.54) is 4.88 Å². The van der Waals surface area contributed by atoms with E-state index in [2.05, 4.69) is 27.9 Å². The zero-order valence-corrected chi connectivity index (χ0v) is 21.3. The molecule has 1 aliphatic rings. The molecule has 8 heteroatoms. The molecule has 0 unspecified atom stereocenters. The van der Waals surface area contributed by atoms with Gasteiger partial charge in [0.05, 0.1) is 12.8 Å². The maximum absolute atomic E-state index is 12.9. The zero-order valence-electron chi connectivity index (χ0n) is 20.4. The van der Waals surface area contributed by atoms with E-state index in [1.807, 2.05) is 19.1 Å². The third kappa shape index (κ3) is 6.26. The lowest BCUT2D eigenvalue weighted by molar-refractivity contribution is 0.0950. The van der Waals surface area contributed by atoms with Crippen LogP contribution in [0.1, 0.15) is 62.2 Å². The van der Waals surface area contributed by atoms with Gasteiger partial charge in [-0.2, -0.15) is 0 Å². The standard InChI is InChI=1S/C27H32N4O3S/c1-4-12-28-21-9-10-22-24(15-21)35-27(30-22)31-26(33)19-7-5-6-18(14-19)16-29-25(32)20-8-11-23(34-3)17(2)13-20/h5-8,11,13-14,21,28H,4,9-10,12,15-16H2,1-3H3,(H,29,32)(H,30,31,33)/t21-/m0/s1. The predicted octanol–water partition coefficient (Wildman–Crippen LogP) is 4.50. The molecule has 0 bridgehead atoms. The summed E-state index contributed by atoms with van der Waals surface area (Å²) in [5.74, 6) is 0.371. The van der Waals surface area contributed by atoms with Gasteiger partial charge in [0.25, 0.3) is 11.8 Å². The van der Waals surface area contributed by atoms with Crippen LogP contribution in [0.5, 0.6) is 5.75 Å². The maximum atomic E-state index is 12.9. The highest BCUT2D eigenvalue weighted by atomic mass is 32.1. The first-order valence-electron chi connectivity index (χ1n) is 12.0. The Balaban J connectivity index is 1.35. The van der Waals surface area contributed by atoms with Crippen molar-refractivity contribution in [1.29, 1.82) is 0 Å². The highest BCUT2D eigenvalue weighted by Crippen LogP contribution is 2.30. The fraction of sp³-hybridized carbons (Fsp3) is 0.370. The molecule has 0 saturated carbocycles. The summed E-state index contributed by atoms with van der Waals surface area (Å²) >= 11 is 1.57. The molecule has 0 spiro atoms. The highest BCUT2D eigenvalue weighted by molar-refractivity contribution is 7.15. The first-order chi connectivity index (χ1) is 17.0. The van der Waals surface area contributed by atoms with Crippen molar-refractivity contribution in [2.24, 2.45) is 0 Å². The van der Waals surface area contributed by atoms with Gasteiger partial charge in [-0.05, 0) is 80.6 Å². The molecular weight excluding hydrogens is 460 g/mol. The van der Waals surface area contributed by atoms with Gasteiger partial charge in [-0.3, -0.25) is 14.9 Å². The number of amides is 2. The van der Waals surface area contributed by atoms with Crippen LogP contribution in [-0.4, -0.2) is 36.5 Å². The summed E-state index contributed by atoms with van der Waals surface area (Å²) in [4.78, 5) is 31.4. The van der Waals surface area contributed by atoms with Crippen LogP contribution in [0.15, 0.2) is 42.5 Å². The van der Waals surface area contributed by atoms with Crippen LogP contribution in [0.4, 0.5) is 5.13 Å². The summed E-state index contributed by atoms with van der Waals surface area (Å²) in [6.07, 6.45) is 4.10. The number of carbonyl (C=O) groups excluding carboxylic acids is 2. The Bertz CT molecular complexity index is 1210. The smallest absolute Gasteiger partial charge is 0.257 e. The lowest BCUT2D eigenvalue weighted by Crippen LogP contribution is -2.34. The quantitative estimate of drug-likeness (QED) is 0.409. The van der Waals surface area contributed by atoms with Crippen LogP contribution in [0, 0.1) is 6.92 Å². The molecule has 3 N–H and O–H groups in total. The minimum Gasteiger partial charge on any atom is -0.496 e. The van der Waals surface area contributed by atoms with Gasteiger partial charge in [-0.1, -0.05) is 19.1 Å². The third-order valence-corrected chi connectivity index (χ3v) is 7.18. The normalized spacial score (nSPS) is 14.8. The van der Waals surface area contributed by atoms with Crippen molar-refractivity contribution >= 4 is 28.3 Å². The lowest BCUT2D eigenvalue weighted by Gasteiger charge is -2.21. The van der Waals surface area contributed by atoms with Crippen molar-refractivity contribution < 1.29 is 14.3 Å². The summed E-state index contributed by atoms with van der Waals surface area (Å²) in [5.41, 5.74) is 3.95. The molecule has 0 radical (unpaired) electrons. The van der Waals surface area contributed by atoms with Gasteiger partial charge >= 0.3 is 0 Å². The van der Waals surface area contributed by atoms with E-state index in [-0.39, 0.29) is 11.8 Å². The molecule has 1 aliphatic carbocycles. The number of carbonyl (C=O) groups is 2. The molecule has 184 valence electrons. The number of rotatable bonds is 9. The van der Waals surface area contributed by atoms with Gasteiger partial charge < -0.3 is 15.4 Å². The first kappa shape index (κ1) is 24.9. The average molecular weight is 493 g/mol. The molecule has 35 heavy (non-hydrogen) atoms. The average Bonchev–Trinajstić information content (AvgIpc) is 3.27. The number of nitrogens with one attached hydrogen (secondary N) is 3. The zero-order chi connectivity index (χ0) is 24.8. The summed E-state index contributed by atoms with van der Waals surface area (Å²) in [6, 6.07) is 13.1. The van der Waals surface area contributed by atoms with Crippen molar-refractivity contribution in [3.05, 3.63) is 75.3 Å². The second kappa shape index (κ2) is 11.5. The summed E-state index contributed by atoms with van der Waals surface area (Å²) in [7, 11) is 1.61. The molecule has 0 saturated heterocycles. The number of hydrogen-bond donors (Lipinski definition) is 3. The minimum absolute atomic E-state index is 0.175. The Morgan fingerprint density at radius 3 is 2.74 bits per heavy atom. The number of hydrogen-bond acceptors (Lipinski definition) is 6. The van der Waals surface area contributed by atoms with Crippen LogP contribution in [0.2, 0.25) is 0 Å². The number of fused-ring (bicyclic) bond motifs is 1. The molecule has 1 atom stereocenters. The summed E-state index contributed by atoms with van der Waals surface area (Å²) in [5, 5.41) is 10.1. The number of nitrogens with zero attached hydrogens (tertiary/aromatic N) is 1. The molecule has 1 heterocycles. The number of thiazole rings is 1. The third-order valence-electron chi connectivity index (χ3n) is 6.14. The van der Waals surface area contributed by atoms with E-state index < -0.39 is 0 Å². The van der Waals surface area contributed by atoms with Gasteiger partial charge in [-0.25, -0.2) is 4.98 Å². The van der Waals surface area contributed by atoms with Gasteiger partial charge in [0.15, 0.2) is 5.13 Å². The van der Waals surface area contributed by atoms with E-state index >= 15 is 0 Å². The SMILES string of the molecule is CCCN[C@H]1CCc2nc(NC(=O)c3cccc(CNC(=O)c4ccc(OC)c(C)c4)c3)sc2C1. The number of benzene rings is 2. The second-order valence-electron chi connectivity index (χ2n) is 8.80. The van der Waals surface area contributed by atoms with E-state index in [9.17, 15) is 9.59 Å². The molecule has 4 rings (SSSR count). The molecule has 0 aliphatic heterocycles. The monoisotopic (exact) mass is 492 g/mol. The summed E-state index contributed by atoms with van der Waals surface area (Å²) in [6.45, 7) is 5.42. The molecule has 1 aromatic heterocycles. The molecule has 2 amide bonds. The Morgan fingerprint density at radius 1 is 1.14 bits per heavy atom. The van der Waals surface area contributed by atoms with Crippen LogP contribution >= 0.6 is 11.3 Å². The van der Waals surface area contributed by atoms with Crippen molar-refractivity contribution in [1.82, 2.24) is 15.6 Å². The number of aromatic nitrogens is 1. The summed E-state index contributed by atoms with van der Waals surface area (Å²) < 4.78 is 5.25. The molecule has 7 nitrogen and oxygen atoms in total. The van der Waals surface area contributed by atoms with Crippen LogP contribution in [0.3, 0.4) is 0 Å². The number of anilines is 1. The minimum atomic E-state index is -0.198. The van der Waals surface area contributed by atoms with E-state index in [0.717, 1.165) is 54.8 Å². The molecule has 0 fully saturated rings. The Hall–Kier alpha value is -3.23. The van der Waals surface area contributed by atoms with Gasteiger partial charge in [-0.15, -0.1) is 11.3 Å². The van der Waals surface area contributed by atoms with Crippen LogP contribution in [-0.2, 0) is 19.4 Å². The largest absolute Gasteiger partial charge is 0.496 e. The van der Waals surface area contributed by atoms with Gasteiger partial charge in [0.1, 0.15) is 5.75 Å². The van der Waals surface area contributed by atoms with Gasteiger partial charge in [0, 0.05) is 28.6 Å². The van der Waals surface area contributed by atoms with Crippen molar-refractivity contribution in [3.63, 3.8) is 0 Å². The fourth-order valence-electron chi connectivity index (χ4n) is 4.25. The van der Waals surface area contributed by atoms with E-state index in [4.69, 9.17) is 4.74 Å². The predicted molar refractivity (Wildman–Crippen MR) is 140 cm³/mol. The lowest BCUT2D eigenvalue weighted by atomic mass is 9.98. The Morgan fingerprint density at radius 2 is 1.97 bits per heavy atom. The Labute approximate surface area is 210 Å². The van der Waals surface area contributed by atoms with E-state index in [0.29, 0.717) is 28.8 Å². The highest BCUT2D eigenvalue weighted by Gasteiger charge is 2.23.